The first kappa shape index (κ1) is 25.5. The standard InChI is InChI=1S/C24H36N4O6/c1-16-13-17(9-10-19(16)32-8)28-20(29)26-12-11-25(21(30)33-23(2,3)4)14-18(26)15-27(28)22(31)34-24(5,6)7/h9-10,13,18H,11-12,14-15H2,1-8H3. The molecular formula is C24H36N4O6. The average molecular weight is 477 g/mol. The van der Waals surface area contributed by atoms with Gasteiger partial charge in [0.15, 0.2) is 0 Å². The lowest BCUT2D eigenvalue weighted by atomic mass is 10.1. The molecule has 1 atom stereocenters. The number of fused-ring (bicyclic) bond motifs is 1. The summed E-state index contributed by atoms with van der Waals surface area (Å²) in [6.45, 7) is 13.7. The molecule has 2 saturated heterocycles. The molecule has 2 fully saturated rings. The molecule has 1 aromatic rings. The normalized spacial score (nSPS) is 19.1. The molecule has 10 nitrogen and oxygen atoms in total. The zero-order chi connectivity index (χ0) is 25.4. The van der Waals surface area contributed by atoms with Crippen molar-refractivity contribution < 1.29 is 28.6 Å². The third kappa shape index (κ3) is 5.66. The van der Waals surface area contributed by atoms with Crippen LogP contribution in [-0.4, -0.2) is 83.6 Å². The number of carbonyl (C=O) groups is 3. The Bertz CT molecular complexity index is 952. The number of ether oxygens (including phenoxy) is 3. The van der Waals surface area contributed by atoms with E-state index in [1.807, 2.05) is 27.7 Å². The van der Waals surface area contributed by atoms with Gasteiger partial charge in [-0.3, -0.25) is 0 Å². The first-order chi connectivity index (χ1) is 15.7. The molecule has 0 saturated carbocycles. The molecule has 0 N–H and O–H groups in total. The fraction of sp³-hybridized carbons (Fsp3) is 0.625. The van der Waals surface area contributed by atoms with E-state index in [2.05, 4.69) is 0 Å². The van der Waals surface area contributed by atoms with Crippen LogP contribution in [0, 0.1) is 6.92 Å². The lowest BCUT2D eigenvalue weighted by Crippen LogP contribution is -2.71. The van der Waals surface area contributed by atoms with Crippen LogP contribution in [0.5, 0.6) is 5.75 Å². The predicted molar refractivity (Wildman–Crippen MR) is 127 cm³/mol. The number of carbonyl (C=O) groups excluding carboxylic acids is 3. The van der Waals surface area contributed by atoms with Crippen LogP contribution in [0.2, 0.25) is 0 Å². The minimum Gasteiger partial charge on any atom is -0.496 e. The number of aryl methyl sites for hydroxylation is 1. The summed E-state index contributed by atoms with van der Waals surface area (Å²) in [6, 6.07) is 4.55. The molecule has 1 aromatic carbocycles. The van der Waals surface area contributed by atoms with Crippen molar-refractivity contribution in [1.82, 2.24) is 14.8 Å². The fourth-order valence-corrected chi connectivity index (χ4v) is 3.98. The number of nitrogens with zero attached hydrogens (tertiary/aromatic N) is 4. The Hall–Kier alpha value is -3.17. The number of methoxy groups -OCH3 is 1. The third-order valence-corrected chi connectivity index (χ3v) is 5.41. The van der Waals surface area contributed by atoms with E-state index in [9.17, 15) is 14.4 Å². The summed E-state index contributed by atoms with van der Waals surface area (Å²) in [5.74, 6) is 0.681. The predicted octanol–water partition coefficient (Wildman–Crippen LogP) is 4.02. The molecule has 2 aliphatic heterocycles. The van der Waals surface area contributed by atoms with Gasteiger partial charge in [-0.15, -0.1) is 0 Å². The van der Waals surface area contributed by atoms with Gasteiger partial charge in [0.2, 0.25) is 0 Å². The number of hydrazine groups is 1. The highest BCUT2D eigenvalue weighted by Crippen LogP contribution is 2.31. The van der Waals surface area contributed by atoms with Crippen LogP contribution in [-0.2, 0) is 9.47 Å². The molecule has 3 rings (SSSR count). The summed E-state index contributed by atoms with van der Waals surface area (Å²) >= 11 is 0. The maximum atomic E-state index is 13.6. The average Bonchev–Trinajstić information content (AvgIpc) is 2.70. The van der Waals surface area contributed by atoms with Crippen molar-refractivity contribution in [2.45, 2.75) is 65.7 Å². The van der Waals surface area contributed by atoms with Crippen molar-refractivity contribution >= 4 is 23.9 Å². The SMILES string of the molecule is COc1ccc(N2C(=O)N3CCN(C(=O)OC(C)(C)C)CC3CN2C(=O)OC(C)(C)C)cc1C. The molecular weight excluding hydrogens is 440 g/mol. The van der Waals surface area contributed by atoms with Gasteiger partial charge in [-0.05, 0) is 72.2 Å². The largest absolute Gasteiger partial charge is 0.496 e. The molecule has 0 spiro atoms. The lowest BCUT2D eigenvalue weighted by molar-refractivity contribution is -0.0114. The zero-order valence-electron chi connectivity index (χ0n) is 21.4. The molecule has 34 heavy (non-hydrogen) atoms. The maximum absolute atomic E-state index is 13.6. The highest BCUT2D eigenvalue weighted by molar-refractivity contribution is 5.96. The fourth-order valence-electron chi connectivity index (χ4n) is 3.98. The molecule has 0 bridgehead atoms. The van der Waals surface area contributed by atoms with Crippen LogP contribution in [0.4, 0.5) is 20.1 Å². The van der Waals surface area contributed by atoms with Gasteiger partial charge in [0, 0.05) is 19.6 Å². The van der Waals surface area contributed by atoms with Crippen molar-refractivity contribution in [3.8, 4) is 5.75 Å². The summed E-state index contributed by atoms with van der Waals surface area (Å²) in [4.78, 5) is 42.7. The Morgan fingerprint density at radius 3 is 2.12 bits per heavy atom. The Morgan fingerprint density at radius 2 is 1.56 bits per heavy atom. The van der Waals surface area contributed by atoms with Gasteiger partial charge >= 0.3 is 18.2 Å². The number of rotatable bonds is 2. The van der Waals surface area contributed by atoms with Crippen molar-refractivity contribution in [3.63, 3.8) is 0 Å². The Balaban J connectivity index is 1.91. The maximum Gasteiger partial charge on any atom is 0.429 e. The number of hydrogen-bond acceptors (Lipinski definition) is 6. The molecule has 4 amide bonds. The van der Waals surface area contributed by atoms with Crippen molar-refractivity contribution in [2.75, 3.05) is 38.3 Å². The van der Waals surface area contributed by atoms with Crippen LogP contribution < -0.4 is 9.75 Å². The summed E-state index contributed by atoms with van der Waals surface area (Å²) in [7, 11) is 1.58. The van der Waals surface area contributed by atoms with Gasteiger partial charge in [0.05, 0.1) is 25.4 Å². The first-order valence-electron chi connectivity index (χ1n) is 11.4. The van der Waals surface area contributed by atoms with E-state index in [1.165, 1.54) is 10.0 Å². The van der Waals surface area contributed by atoms with Crippen LogP contribution in [0.3, 0.4) is 0 Å². The van der Waals surface area contributed by atoms with E-state index in [4.69, 9.17) is 14.2 Å². The molecule has 188 valence electrons. The van der Waals surface area contributed by atoms with Gasteiger partial charge in [0.1, 0.15) is 17.0 Å². The molecule has 2 aliphatic rings. The van der Waals surface area contributed by atoms with E-state index in [0.717, 1.165) is 5.56 Å². The number of amides is 4. The molecule has 10 heteroatoms. The Kier molecular flexibility index (Phi) is 6.91. The summed E-state index contributed by atoms with van der Waals surface area (Å²) < 4.78 is 16.5. The topological polar surface area (TPSA) is 91.9 Å². The summed E-state index contributed by atoms with van der Waals surface area (Å²) in [5, 5.41) is 2.66. The van der Waals surface area contributed by atoms with Crippen LogP contribution in [0.1, 0.15) is 47.1 Å². The highest BCUT2D eigenvalue weighted by Gasteiger charge is 2.46. The number of anilines is 1. The minimum absolute atomic E-state index is 0.172. The summed E-state index contributed by atoms with van der Waals surface area (Å²) in [6.07, 6.45) is -1.07. The number of urea groups is 1. The van der Waals surface area contributed by atoms with Crippen molar-refractivity contribution in [2.24, 2.45) is 0 Å². The first-order valence-corrected chi connectivity index (χ1v) is 11.4. The smallest absolute Gasteiger partial charge is 0.429 e. The van der Waals surface area contributed by atoms with Crippen LogP contribution in [0.25, 0.3) is 0 Å². The molecule has 1 unspecified atom stereocenters. The van der Waals surface area contributed by atoms with E-state index in [1.54, 1.807) is 55.9 Å². The van der Waals surface area contributed by atoms with Crippen LogP contribution >= 0.6 is 0 Å². The number of benzene rings is 1. The highest BCUT2D eigenvalue weighted by atomic mass is 16.6. The summed E-state index contributed by atoms with van der Waals surface area (Å²) in [5.41, 5.74) is -0.00763. The van der Waals surface area contributed by atoms with Gasteiger partial charge < -0.3 is 24.0 Å². The van der Waals surface area contributed by atoms with E-state index >= 15 is 0 Å². The van der Waals surface area contributed by atoms with Gasteiger partial charge in [0.25, 0.3) is 0 Å². The quantitative estimate of drug-likeness (QED) is 0.640. The minimum atomic E-state index is -0.742. The lowest BCUT2D eigenvalue weighted by Gasteiger charge is -2.50. The third-order valence-electron chi connectivity index (χ3n) is 5.41. The molecule has 0 aromatic heterocycles. The van der Waals surface area contributed by atoms with Gasteiger partial charge in [-0.25, -0.2) is 19.4 Å². The second kappa shape index (κ2) is 9.23. The monoisotopic (exact) mass is 476 g/mol. The second-order valence-electron chi connectivity index (χ2n) is 10.6. The molecule has 0 aliphatic carbocycles. The van der Waals surface area contributed by atoms with E-state index < -0.39 is 29.4 Å². The van der Waals surface area contributed by atoms with Gasteiger partial charge in [-0.1, -0.05) is 0 Å². The molecule has 0 radical (unpaired) electrons. The number of hydrogen-bond donors (Lipinski definition) is 0. The van der Waals surface area contributed by atoms with E-state index in [-0.39, 0.29) is 19.1 Å². The van der Waals surface area contributed by atoms with Crippen molar-refractivity contribution in [1.29, 1.82) is 0 Å². The van der Waals surface area contributed by atoms with Crippen molar-refractivity contribution in [3.05, 3.63) is 23.8 Å². The van der Waals surface area contributed by atoms with Crippen LogP contribution in [0.15, 0.2) is 18.2 Å². The zero-order valence-corrected chi connectivity index (χ0v) is 21.4. The molecule has 2 heterocycles. The second-order valence-corrected chi connectivity index (χ2v) is 10.6. The number of piperazine rings is 1. The van der Waals surface area contributed by atoms with E-state index in [0.29, 0.717) is 24.5 Å². The van der Waals surface area contributed by atoms with Gasteiger partial charge in [-0.2, -0.15) is 5.01 Å². The Morgan fingerprint density at radius 1 is 0.941 bits per heavy atom. The Labute approximate surface area is 201 Å².